The first-order chi connectivity index (χ1) is 11.8. The summed E-state index contributed by atoms with van der Waals surface area (Å²) in [5.41, 5.74) is 0.805. The highest BCUT2D eigenvalue weighted by Crippen LogP contribution is 2.24. The molecule has 0 aliphatic heterocycles. The summed E-state index contributed by atoms with van der Waals surface area (Å²) >= 11 is 11.6. The van der Waals surface area contributed by atoms with Gasteiger partial charge in [0, 0.05) is 6.54 Å². The number of sulfonamides is 1. The second-order valence-electron chi connectivity index (χ2n) is 5.05. The molecule has 0 atom stereocenters. The van der Waals surface area contributed by atoms with Gasteiger partial charge in [-0.25, -0.2) is 17.9 Å². The molecule has 0 aliphatic rings. The van der Waals surface area contributed by atoms with Crippen LogP contribution in [-0.4, -0.2) is 32.6 Å². The number of carboxylic acids is 1. The van der Waals surface area contributed by atoms with Crippen molar-refractivity contribution in [2.75, 3.05) is 13.2 Å². The number of nitrogens with one attached hydrogen (secondary N) is 1. The Balaban J connectivity index is 1.96. The molecule has 0 heterocycles. The maximum atomic E-state index is 12.2. The SMILES string of the molecule is O=C(O)COc1cccc(CCNS(=O)(=O)c2ccc(Cl)c(Cl)c2)c1. The predicted molar refractivity (Wildman–Crippen MR) is 94.9 cm³/mol. The first-order valence-electron chi connectivity index (χ1n) is 7.16. The molecule has 2 N–H and O–H groups in total. The summed E-state index contributed by atoms with van der Waals surface area (Å²) in [6.45, 7) is -0.279. The standard InChI is InChI=1S/C16H15Cl2NO5S/c17-14-5-4-13(9-15(14)18)25(22,23)19-7-6-11-2-1-3-12(8-11)24-10-16(20)21/h1-5,8-9,19H,6-7,10H2,(H,20,21). The van der Waals surface area contributed by atoms with Gasteiger partial charge in [0.05, 0.1) is 14.9 Å². The van der Waals surface area contributed by atoms with Gasteiger partial charge in [-0.15, -0.1) is 0 Å². The van der Waals surface area contributed by atoms with E-state index in [0.29, 0.717) is 12.2 Å². The molecular formula is C16H15Cl2NO5S. The van der Waals surface area contributed by atoms with Gasteiger partial charge < -0.3 is 9.84 Å². The molecular weight excluding hydrogens is 389 g/mol. The van der Waals surface area contributed by atoms with Crippen molar-refractivity contribution in [2.45, 2.75) is 11.3 Å². The molecule has 6 nitrogen and oxygen atoms in total. The highest BCUT2D eigenvalue weighted by molar-refractivity contribution is 7.89. The zero-order valence-electron chi connectivity index (χ0n) is 12.9. The second-order valence-corrected chi connectivity index (χ2v) is 7.63. The Hall–Kier alpha value is -1.80. The molecule has 0 radical (unpaired) electrons. The predicted octanol–water partition coefficient (Wildman–Crippen LogP) is 2.98. The van der Waals surface area contributed by atoms with Crippen LogP contribution in [0.25, 0.3) is 0 Å². The number of aliphatic carboxylic acids is 1. The van der Waals surface area contributed by atoms with Gasteiger partial charge in [-0.3, -0.25) is 0 Å². The van der Waals surface area contributed by atoms with E-state index in [1.165, 1.54) is 18.2 Å². The molecule has 0 fully saturated rings. The van der Waals surface area contributed by atoms with E-state index in [2.05, 4.69) is 4.72 Å². The van der Waals surface area contributed by atoms with Gasteiger partial charge in [0.1, 0.15) is 5.75 Å². The lowest BCUT2D eigenvalue weighted by atomic mass is 10.1. The molecule has 0 aliphatic carbocycles. The lowest BCUT2D eigenvalue weighted by Gasteiger charge is -2.09. The van der Waals surface area contributed by atoms with Crippen molar-refractivity contribution in [2.24, 2.45) is 0 Å². The first kappa shape index (κ1) is 19.5. The van der Waals surface area contributed by atoms with Crippen molar-refractivity contribution in [1.29, 1.82) is 0 Å². The summed E-state index contributed by atoms with van der Waals surface area (Å²) in [4.78, 5) is 10.5. The molecule has 0 unspecified atom stereocenters. The number of carbonyl (C=O) groups is 1. The molecule has 0 bridgehead atoms. The molecule has 2 rings (SSSR count). The molecule has 0 saturated carbocycles. The van der Waals surface area contributed by atoms with Crippen LogP contribution in [-0.2, 0) is 21.2 Å². The van der Waals surface area contributed by atoms with E-state index in [9.17, 15) is 13.2 Å². The normalized spacial score (nSPS) is 11.3. The maximum Gasteiger partial charge on any atom is 0.341 e. The van der Waals surface area contributed by atoms with Crippen LogP contribution in [0.3, 0.4) is 0 Å². The summed E-state index contributed by atoms with van der Waals surface area (Å²) in [7, 11) is -3.70. The Morgan fingerprint density at radius 2 is 1.88 bits per heavy atom. The van der Waals surface area contributed by atoms with Crippen molar-refractivity contribution in [3.05, 3.63) is 58.1 Å². The minimum Gasteiger partial charge on any atom is -0.482 e. The minimum absolute atomic E-state index is 0.0282. The van der Waals surface area contributed by atoms with Crippen LogP contribution in [0.2, 0.25) is 10.0 Å². The summed E-state index contributed by atoms with van der Waals surface area (Å²) in [5.74, 6) is -0.660. The van der Waals surface area contributed by atoms with Gasteiger partial charge in [-0.1, -0.05) is 35.3 Å². The third kappa shape index (κ3) is 5.89. The summed E-state index contributed by atoms with van der Waals surface area (Å²) in [6.07, 6.45) is 0.408. The fourth-order valence-electron chi connectivity index (χ4n) is 1.99. The van der Waals surface area contributed by atoms with E-state index < -0.39 is 22.6 Å². The van der Waals surface area contributed by atoms with E-state index in [-0.39, 0.29) is 21.5 Å². The highest BCUT2D eigenvalue weighted by atomic mass is 35.5. The fourth-order valence-corrected chi connectivity index (χ4v) is 3.41. The van der Waals surface area contributed by atoms with Gasteiger partial charge in [-0.2, -0.15) is 0 Å². The molecule has 134 valence electrons. The molecule has 2 aromatic rings. The minimum atomic E-state index is -3.70. The van der Waals surface area contributed by atoms with E-state index in [4.69, 9.17) is 33.0 Å². The average Bonchev–Trinajstić information content (AvgIpc) is 2.55. The second kappa shape index (κ2) is 8.53. The topological polar surface area (TPSA) is 92.7 Å². The van der Waals surface area contributed by atoms with Crippen molar-refractivity contribution < 1.29 is 23.1 Å². The first-order valence-corrected chi connectivity index (χ1v) is 9.40. The Morgan fingerprint density at radius 1 is 1.12 bits per heavy atom. The fraction of sp³-hybridized carbons (Fsp3) is 0.188. The van der Waals surface area contributed by atoms with Crippen LogP contribution in [0.5, 0.6) is 5.75 Å². The number of benzene rings is 2. The van der Waals surface area contributed by atoms with E-state index >= 15 is 0 Å². The number of hydrogen-bond donors (Lipinski definition) is 2. The van der Waals surface area contributed by atoms with Gasteiger partial charge in [0.2, 0.25) is 10.0 Å². The molecule has 0 saturated heterocycles. The van der Waals surface area contributed by atoms with Crippen molar-refractivity contribution >= 4 is 39.2 Å². The van der Waals surface area contributed by atoms with Gasteiger partial charge >= 0.3 is 5.97 Å². The smallest absolute Gasteiger partial charge is 0.341 e. The zero-order chi connectivity index (χ0) is 18.4. The Kier molecular flexibility index (Phi) is 6.66. The lowest BCUT2D eigenvalue weighted by Crippen LogP contribution is -2.26. The Bertz CT molecular complexity index is 871. The summed E-state index contributed by atoms with van der Waals surface area (Å²) in [6, 6.07) is 10.9. The monoisotopic (exact) mass is 403 g/mol. The van der Waals surface area contributed by atoms with Crippen LogP contribution in [0, 0.1) is 0 Å². The molecule has 0 amide bonds. The number of ether oxygens (including phenoxy) is 1. The third-order valence-corrected chi connectivity index (χ3v) is 5.37. The third-order valence-electron chi connectivity index (χ3n) is 3.17. The van der Waals surface area contributed by atoms with Gasteiger partial charge in [-0.05, 0) is 42.3 Å². The highest BCUT2D eigenvalue weighted by Gasteiger charge is 2.15. The molecule has 2 aromatic carbocycles. The number of carboxylic acid groups (broad SMARTS) is 1. The van der Waals surface area contributed by atoms with Crippen LogP contribution >= 0.6 is 23.2 Å². The van der Waals surface area contributed by atoms with Crippen LogP contribution in [0.4, 0.5) is 0 Å². The number of halogens is 2. The Morgan fingerprint density at radius 3 is 2.56 bits per heavy atom. The average molecular weight is 404 g/mol. The van der Waals surface area contributed by atoms with E-state index in [0.717, 1.165) is 5.56 Å². The molecule has 0 aromatic heterocycles. The van der Waals surface area contributed by atoms with Crippen LogP contribution in [0.15, 0.2) is 47.4 Å². The van der Waals surface area contributed by atoms with Crippen molar-refractivity contribution in [1.82, 2.24) is 4.72 Å². The van der Waals surface area contributed by atoms with Crippen LogP contribution < -0.4 is 9.46 Å². The van der Waals surface area contributed by atoms with Crippen molar-refractivity contribution in [3.8, 4) is 5.75 Å². The van der Waals surface area contributed by atoms with Gasteiger partial charge in [0.15, 0.2) is 6.61 Å². The quantitative estimate of drug-likeness (QED) is 0.706. The lowest BCUT2D eigenvalue weighted by molar-refractivity contribution is -0.139. The van der Waals surface area contributed by atoms with E-state index in [1.807, 2.05) is 0 Å². The number of hydrogen-bond acceptors (Lipinski definition) is 4. The maximum absolute atomic E-state index is 12.2. The van der Waals surface area contributed by atoms with Crippen molar-refractivity contribution in [3.63, 3.8) is 0 Å². The van der Waals surface area contributed by atoms with Gasteiger partial charge in [0.25, 0.3) is 0 Å². The molecule has 9 heteroatoms. The molecule has 0 spiro atoms. The molecule has 25 heavy (non-hydrogen) atoms. The summed E-state index contributed by atoms with van der Waals surface area (Å²) < 4.78 is 32.0. The number of rotatable bonds is 8. The van der Waals surface area contributed by atoms with Crippen LogP contribution in [0.1, 0.15) is 5.56 Å². The summed E-state index contributed by atoms with van der Waals surface area (Å²) in [5, 5.41) is 9.04. The zero-order valence-corrected chi connectivity index (χ0v) is 15.2. The largest absolute Gasteiger partial charge is 0.482 e. The Labute approximate surface area is 155 Å². The van der Waals surface area contributed by atoms with E-state index in [1.54, 1.807) is 24.3 Å².